The summed E-state index contributed by atoms with van der Waals surface area (Å²) in [6.07, 6.45) is 38.6. The summed E-state index contributed by atoms with van der Waals surface area (Å²) >= 11 is 0. The van der Waals surface area contributed by atoms with E-state index in [4.69, 9.17) is 9.47 Å². The van der Waals surface area contributed by atoms with Gasteiger partial charge in [-0.25, -0.2) is 0 Å². The summed E-state index contributed by atoms with van der Waals surface area (Å²) in [7, 11) is 0. The first-order valence-corrected chi connectivity index (χ1v) is 22.1. The predicted molar refractivity (Wildman–Crippen MR) is 212 cm³/mol. The molecule has 0 aliphatic heterocycles. The first-order valence-electron chi connectivity index (χ1n) is 22.1. The lowest BCUT2D eigenvalue weighted by molar-refractivity contribution is -0.145. The van der Waals surface area contributed by atoms with Crippen molar-refractivity contribution in [1.29, 1.82) is 0 Å². The number of nitrogens with zero attached hydrogens (tertiary/aromatic N) is 1. The van der Waals surface area contributed by atoms with Gasteiger partial charge in [0, 0.05) is 12.8 Å². The van der Waals surface area contributed by atoms with Crippen LogP contribution in [0, 0.1) is 5.92 Å². The monoisotopic (exact) mass is 694 g/mol. The summed E-state index contributed by atoms with van der Waals surface area (Å²) in [6, 6.07) is 0. The van der Waals surface area contributed by atoms with Gasteiger partial charge in [-0.3, -0.25) is 9.59 Å². The summed E-state index contributed by atoms with van der Waals surface area (Å²) in [5.41, 5.74) is 0. The largest absolute Gasteiger partial charge is 0.466 e. The summed E-state index contributed by atoms with van der Waals surface area (Å²) in [6.45, 7) is 13.7. The fourth-order valence-corrected chi connectivity index (χ4v) is 6.86. The van der Waals surface area contributed by atoms with Crippen molar-refractivity contribution in [1.82, 2.24) is 4.90 Å². The zero-order chi connectivity index (χ0) is 35.9. The zero-order valence-corrected chi connectivity index (χ0v) is 33.8. The third kappa shape index (κ3) is 36.5. The number of ether oxygens (including phenoxy) is 2. The van der Waals surface area contributed by atoms with E-state index in [2.05, 4.69) is 32.6 Å². The molecule has 0 aromatic carbocycles. The number of carbonyl (C=O) groups is 2. The molecule has 0 fully saturated rings. The molecule has 0 heterocycles. The Morgan fingerprint density at radius 2 is 0.796 bits per heavy atom. The van der Waals surface area contributed by atoms with E-state index < -0.39 is 0 Å². The van der Waals surface area contributed by atoms with Gasteiger partial charge in [0.15, 0.2) is 0 Å². The van der Waals surface area contributed by atoms with Crippen LogP contribution in [-0.2, 0) is 19.1 Å². The van der Waals surface area contributed by atoms with E-state index in [0.717, 1.165) is 45.2 Å². The van der Waals surface area contributed by atoms with Gasteiger partial charge in [-0.2, -0.15) is 0 Å². The van der Waals surface area contributed by atoms with E-state index in [1.807, 2.05) is 0 Å². The van der Waals surface area contributed by atoms with Gasteiger partial charge in [0.1, 0.15) is 0 Å². The minimum Gasteiger partial charge on any atom is -0.466 e. The topological polar surface area (TPSA) is 55.8 Å². The normalized spacial score (nSPS) is 11.6. The Balaban J connectivity index is 3.85. The SMILES string of the molecule is CCCCCCCCCOC(=O)CCCCCCCN(CC)CCCCCCC(=O)OCC(CCCCCCCC)CCCCCCCC. The maximum absolute atomic E-state index is 12.5. The zero-order valence-electron chi connectivity index (χ0n) is 33.8. The molecule has 49 heavy (non-hydrogen) atoms. The standard InChI is InChI=1S/C44H87NO4/c1-5-9-12-15-18-26-33-40-48-43(46)36-29-22-19-24-31-38-45(8-4)39-32-25-23-30-37-44(47)49-41-42(34-27-20-16-13-10-6-2)35-28-21-17-14-11-7-3/h42H,5-41H2,1-4H3. The quantitative estimate of drug-likeness (QED) is 0.0472. The van der Waals surface area contributed by atoms with Crippen LogP contribution in [0.25, 0.3) is 0 Å². The minimum atomic E-state index is -0.00808. The Kier molecular flexibility index (Phi) is 38.8. The predicted octanol–water partition coefficient (Wildman–Crippen LogP) is 13.6. The van der Waals surface area contributed by atoms with Crippen molar-refractivity contribution < 1.29 is 19.1 Å². The highest BCUT2D eigenvalue weighted by atomic mass is 16.5. The smallest absolute Gasteiger partial charge is 0.305 e. The summed E-state index contributed by atoms with van der Waals surface area (Å²) in [5, 5.41) is 0. The van der Waals surface area contributed by atoms with Gasteiger partial charge >= 0.3 is 11.9 Å². The molecule has 0 radical (unpaired) electrons. The van der Waals surface area contributed by atoms with Crippen molar-refractivity contribution in [2.24, 2.45) is 5.92 Å². The Morgan fingerprint density at radius 3 is 1.24 bits per heavy atom. The van der Waals surface area contributed by atoms with Crippen LogP contribution in [0.1, 0.15) is 233 Å². The van der Waals surface area contributed by atoms with Gasteiger partial charge in [0.25, 0.3) is 0 Å². The van der Waals surface area contributed by atoms with Crippen LogP contribution >= 0.6 is 0 Å². The third-order valence-electron chi connectivity index (χ3n) is 10.3. The number of hydrogen-bond donors (Lipinski definition) is 0. The fourth-order valence-electron chi connectivity index (χ4n) is 6.86. The lowest BCUT2D eigenvalue weighted by Gasteiger charge is -2.20. The van der Waals surface area contributed by atoms with Crippen molar-refractivity contribution in [3.8, 4) is 0 Å². The molecule has 0 amide bonds. The van der Waals surface area contributed by atoms with Crippen LogP contribution in [0.3, 0.4) is 0 Å². The number of esters is 2. The van der Waals surface area contributed by atoms with E-state index in [1.54, 1.807) is 0 Å². The van der Waals surface area contributed by atoms with E-state index in [9.17, 15) is 9.59 Å². The lowest BCUT2D eigenvalue weighted by Crippen LogP contribution is -2.25. The van der Waals surface area contributed by atoms with Gasteiger partial charge in [-0.15, -0.1) is 0 Å². The van der Waals surface area contributed by atoms with Crippen LogP contribution in [0.15, 0.2) is 0 Å². The molecule has 0 saturated heterocycles. The van der Waals surface area contributed by atoms with Crippen LogP contribution in [0.4, 0.5) is 0 Å². The van der Waals surface area contributed by atoms with Crippen LogP contribution in [0.5, 0.6) is 0 Å². The Bertz CT molecular complexity index is 668. The second kappa shape index (κ2) is 39.7. The molecule has 0 atom stereocenters. The molecule has 0 unspecified atom stereocenters. The molecule has 5 nitrogen and oxygen atoms in total. The summed E-state index contributed by atoms with van der Waals surface area (Å²) < 4.78 is 11.2. The van der Waals surface area contributed by atoms with Crippen molar-refractivity contribution in [2.75, 3.05) is 32.8 Å². The van der Waals surface area contributed by atoms with Gasteiger partial charge < -0.3 is 14.4 Å². The second-order valence-electron chi connectivity index (χ2n) is 15.1. The van der Waals surface area contributed by atoms with Gasteiger partial charge in [-0.05, 0) is 70.5 Å². The van der Waals surface area contributed by atoms with E-state index >= 15 is 0 Å². The van der Waals surface area contributed by atoms with E-state index in [1.165, 1.54) is 167 Å². The molecule has 0 aromatic rings. The average molecular weight is 694 g/mol. The van der Waals surface area contributed by atoms with Crippen LogP contribution < -0.4 is 0 Å². The number of unbranched alkanes of at least 4 members (excludes halogenated alkanes) is 23. The van der Waals surface area contributed by atoms with Crippen molar-refractivity contribution in [3.05, 3.63) is 0 Å². The summed E-state index contributed by atoms with van der Waals surface area (Å²) in [4.78, 5) is 27.1. The highest BCUT2D eigenvalue weighted by Crippen LogP contribution is 2.20. The van der Waals surface area contributed by atoms with Gasteiger partial charge in [-0.1, -0.05) is 175 Å². The molecule has 292 valence electrons. The molecule has 0 saturated carbocycles. The Hall–Kier alpha value is -1.10. The Labute approximate surface area is 307 Å². The molecule has 0 aromatic heterocycles. The first kappa shape index (κ1) is 47.9. The molecule has 0 bridgehead atoms. The Morgan fingerprint density at radius 1 is 0.429 bits per heavy atom. The fraction of sp³-hybridized carbons (Fsp3) is 0.955. The molecule has 0 rings (SSSR count). The number of hydrogen-bond acceptors (Lipinski definition) is 5. The van der Waals surface area contributed by atoms with Crippen molar-refractivity contribution in [3.63, 3.8) is 0 Å². The highest BCUT2D eigenvalue weighted by molar-refractivity contribution is 5.69. The minimum absolute atomic E-state index is 0.00808. The maximum atomic E-state index is 12.5. The molecular formula is C44H87NO4. The van der Waals surface area contributed by atoms with Gasteiger partial charge in [0.2, 0.25) is 0 Å². The van der Waals surface area contributed by atoms with Crippen LogP contribution in [-0.4, -0.2) is 49.7 Å². The lowest BCUT2D eigenvalue weighted by atomic mass is 9.94. The molecule has 0 spiro atoms. The van der Waals surface area contributed by atoms with Crippen LogP contribution in [0.2, 0.25) is 0 Å². The molecule has 5 heteroatoms. The number of rotatable bonds is 40. The average Bonchev–Trinajstić information content (AvgIpc) is 3.10. The van der Waals surface area contributed by atoms with E-state index in [0.29, 0.717) is 32.0 Å². The maximum Gasteiger partial charge on any atom is 0.305 e. The summed E-state index contributed by atoms with van der Waals surface area (Å²) in [5.74, 6) is 0.562. The third-order valence-corrected chi connectivity index (χ3v) is 10.3. The second-order valence-corrected chi connectivity index (χ2v) is 15.1. The highest BCUT2D eigenvalue weighted by Gasteiger charge is 2.13. The molecule has 0 aliphatic carbocycles. The van der Waals surface area contributed by atoms with Gasteiger partial charge in [0.05, 0.1) is 13.2 Å². The first-order chi connectivity index (χ1) is 24.1. The molecular weight excluding hydrogens is 606 g/mol. The number of carbonyl (C=O) groups excluding carboxylic acids is 2. The molecule has 0 aliphatic rings. The van der Waals surface area contributed by atoms with E-state index in [-0.39, 0.29) is 11.9 Å². The van der Waals surface area contributed by atoms with Crippen molar-refractivity contribution >= 4 is 11.9 Å². The van der Waals surface area contributed by atoms with Crippen molar-refractivity contribution in [2.45, 2.75) is 233 Å². The molecule has 0 N–H and O–H groups in total.